The molecule has 3 aromatic rings. The quantitative estimate of drug-likeness (QED) is 0.252. The third kappa shape index (κ3) is 9.90. The summed E-state index contributed by atoms with van der Waals surface area (Å²) >= 11 is 0. The van der Waals surface area contributed by atoms with Crippen molar-refractivity contribution < 1.29 is 38.4 Å². The monoisotopic (exact) mass is 591 g/mol. The summed E-state index contributed by atoms with van der Waals surface area (Å²) < 4.78 is 31.0. The molecule has 4 atom stereocenters. The molecule has 0 radical (unpaired) electrons. The fourth-order valence-electron chi connectivity index (χ4n) is 5.03. The van der Waals surface area contributed by atoms with Crippen LogP contribution in [0.4, 0.5) is 4.79 Å². The van der Waals surface area contributed by atoms with Crippen molar-refractivity contribution in [2.75, 3.05) is 13.2 Å². The number of carbonyl (C=O) groups is 2. The second-order valence-corrected chi connectivity index (χ2v) is 11.6. The zero-order valence-electron chi connectivity index (χ0n) is 24.9. The number of amides is 1. The van der Waals surface area contributed by atoms with Crippen molar-refractivity contribution >= 4 is 12.1 Å². The molecular formula is C34H41NO8. The van der Waals surface area contributed by atoms with Crippen molar-refractivity contribution in [1.82, 2.24) is 5.32 Å². The van der Waals surface area contributed by atoms with Crippen molar-refractivity contribution in [3.63, 3.8) is 0 Å². The molecule has 9 heteroatoms. The summed E-state index contributed by atoms with van der Waals surface area (Å²) in [5.74, 6) is -1.10. The van der Waals surface area contributed by atoms with Crippen LogP contribution in [0.25, 0.3) is 0 Å². The van der Waals surface area contributed by atoms with Crippen LogP contribution in [0, 0.1) is 0 Å². The fraction of sp³-hybridized carbons (Fsp3) is 0.412. The Balaban J connectivity index is 1.63. The predicted octanol–water partition coefficient (Wildman–Crippen LogP) is 5.51. The molecule has 1 fully saturated rings. The first-order chi connectivity index (χ1) is 20.6. The molecule has 4 rings (SSSR count). The van der Waals surface area contributed by atoms with Gasteiger partial charge in [0.1, 0.15) is 29.5 Å². The maximum Gasteiger partial charge on any atom is 0.407 e. The standard InChI is InChI=1S/C34H41NO8/c1-33(2,3)43-32(38)35-24-34(19-29(36)37)31(41-22-27-17-11-6-12-18-27)30(40-21-26-15-9-5-10-16-26)28(42-34)23-39-20-25-13-7-4-8-14-25/h4-18,28,30-31H,19-24H2,1-3H3,(H,35,38)(H,36,37)/t28-,30-,31+,34+/m1/s1. The van der Waals surface area contributed by atoms with Gasteiger partial charge in [-0.05, 0) is 37.5 Å². The Morgan fingerprint density at radius 3 is 1.84 bits per heavy atom. The number of alkyl carbamates (subject to hydrolysis) is 1. The van der Waals surface area contributed by atoms with Gasteiger partial charge in [0.2, 0.25) is 0 Å². The normalized spacial score (nSPS) is 21.8. The van der Waals surface area contributed by atoms with Gasteiger partial charge in [0.25, 0.3) is 0 Å². The molecule has 0 aromatic heterocycles. The molecule has 1 saturated heterocycles. The molecular weight excluding hydrogens is 550 g/mol. The summed E-state index contributed by atoms with van der Waals surface area (Å²) in [6.45, 7) is 5.98. The van der Waals surface area contributed by atoms with E-state index >= 15 is 0 Å². The van der Waals surface area contributed by atoms with Gasteiger partial charge in [-0.3, -0.25) is 4.79 Å². The Morgan fingerprint density at radius 2 is 1.33 bits per heavy atom. The Morgan fingerprint density at radius 1 is 0.814 bits per heavy atom. The van der Waals surface area contributed by atoms with Crippen LogP contribution in [0.5, 0.6) is 0 Å². The largest absolute Gasteiger partial charge is 0.481 e. The second kappa shape index (κ2) is 15.1. The first-order valence-corrected chi connectivity index (χ1v) is 14.4. The van der Waals surface area contributed by atoms with Crippen molar-refractivity contribution in [2.24, 2.45) is 0 Å². The average molecular weight is 592 g/mol. The van der Waals surface area contributed by atoms with Gasteiger partial charge in [-0.25, -0.2) is 4.79 Å². The first kappa shape index (κ1) is 32.2. The van der Waals surface area contributed by atoms with E-state index in [-0.39, 0.29) is 26.4 Å². The minimum absolute atomic E-state index is 0.118. The summed E-state index contributed by atoms with van der Waals surface area (Å²) in [6.07, 6.45) is -3.39. The van der Waals surface area contributed by atoms with Crippen molar-refractivity contribution in [1.29, 1.82) is 0 Å². The number of benzene rings is 3. The minimum atomic E-state index is -1.47. The predicted molar refractivity (Wildman–Crippen MR) is 160 cm³/mol. The lowest BCUT2D eigenvalue weighted by Crippen LogP contribution is -2.54. The topological polar surface area (TPSA) is 113 Å². The third-order valence-electron chi connectivity index (χ3n) is 6.90. The van der Waals surface area contributed by atoms with Gasteiger partial charge in [0, 0.05) is 0 Å². The van der Waals surface area contributed by atoms with E-state index in [9.17, 15) is 14.7 Å². The summed E-state index contributed by atoms with van der Waals surface area (Å²) in [5.41, 5.74) is 0.620. The van der Waals surface area contributed by atoms with Crippen LogP contribution in [-0.4, -0.2) is 59.8 Å². The van der Waals surface area contributed by atoms with Crippen LogP contribution < -0.4 is 5.32 Å². The number of nitrogens with one attached hydrogen (secondary N) is 1. The van der Waals surface area contributed by atoms with E-state index in [2.05, 4.69) is 5.32 Å². The minimum Gasteiger partial charge on any atom is -0.481 e. The molecule has 3 aromatic carbocycles. The molecule has 0 aliphatic carbocycles. The molecule has 1 aliphatic rings. The highest BCUT2D eigenvalue weighted by atomic mass is 16.6. The lowest BCUT2D eigenvalue weighted by molar-refractivity contribution is -0.156. The number of carboxylic acids is 1. The van der Waals surface area contributed by atoms with E-state index < -0.39 is 48.0 Å². The van der Waals surface area contributed by atoms with Crippen LogP contribution in [-0.2, 0) is 48.3 Å². The highest BCUT2D eigenvalue weighted by Gasteiger charge is 2.58. The van der Waals surface area contributed by atoms with Crippen LogP contribution in [0.1, 0.15) is 43.9 Å². The molecule has 0 spiro atoms. The first-order valence-electron chi connectivity index (χ1n) is 14.4. The van der Waals surface area contributed by atoms with E-state index in [1.54, 1.807) is 20.8 Å². The third-order valence-corrected chi connectivity index (χ3v) is 6.90. The molecule has 0 bridgehead atoms. The average Bonchev–Trinajstić information content (AvgIpc) is 3.26. The molecule has 0 unspecified atom stereocenters. The molecule has 1 aliphatic heterocycles. The zero-order chi connectivity index (χ0) is 30.7. The van der Waals surface area contributed by atoms with E-state index in [0.29, 0.717) is 6.61 Å². The van der Waals surface area contributed by atoms with Gasteiger partial charge in [-0.2, -0.15) is 0 Å². The highest BCUT2D eigenvalue weighted by Crippen LogP contribution is 2.39. The van der Waals surface area contributed by atoms with Gasteiger partial charge < -0.3 is 34.1 Å². The zero-order valence-corrected chi connectivity index (χ0v) is 24.9. The molecule has 1 amide bonds. The van der Waals surface area contributed by atoms with Crippen LogP contribution in [0.2, 0.25) is 0 Å². The van der Waals surface area contributed by atoms with Gasteiger partial charge in [-0.15, -0.1) is 0 Å². The fourth-order valence-corrected chi connectivity index (χ4v) is 5.03. The van der Waals surface area contributed by atoms with Gasteiger partial charge in [0.05, 0.1) is 39.4 Å². The number of aliphatic carboxylic acids is 1. The van der Waals surface area contributed by atoms with Gasteiger partial charge in [-0.1, -0.05) is 91.0 Å². The molecule has 230 valence electrons. The Bertz CT molecular complexity index is 1280. The van der Waals surface area contributed by atoms with Crippen molar-refractivity contribution in [3.8, 4) is 0 Å². The SMILES string of the molecule is CC(C)(C)OC(=O)NC[C@]1(CC(=O)O)O[C@H](COCc2ccccc2)[C@@H](OCc2ccccc2)[C@@H]1OCc1ccccc1. The molecule has 43 heavy (non-hydrogen) atoms. The lowest BCUT2D eigenvalue weighted by Gasteiger charge is -2.34. The van der Waals surface area contributed by atoms with Gasteiger partial charge >= 0.3 is 12.1 Å². The number of carbonyl (C=O) groups excluding carboxylic acids is 1. The maximum absolute atomic E-state index is 12.7. The molecule has 2 N–H and O–H groups in total. The summed E-state index contributed by atoms with van der Waals surface area (Å²) in [7, 11) is 0. The summed E-state index contributed by atoms with van der Waals surface area (Å²) in [5, 5.41) is 12.8. The van der Waals surface area contributed by atoms with E-state index in [0.717, 1.165) is 16.7 Å². The maximum atomic E-state index is 12.7. The van der Waals surface area contributed by atoms with E-state index in [4.69, 9.17) is 23.7 Å². The van der Waals surface area contributed by atoms with Crippen LogP contribution in [0.15, 0.2) is 91.0 Å². The number of ether oxygens (including phenoxy) is 5. The van der Waals surface area contributed by atoms with Crippen LogP contribution in [0.3, 0.4) is 0 Å². The Kier molecular flexibility index (Phi) is 11.3. The smallest absolute Gasteiger partial charge is 0.407 e. The van der Waals surface area contributed by atoms with E-state index in [1.807, 2.05) is 91.0 Å². The van der Waals surface area contributed by atoms with Crippen molar-refractivity contribution in [3.05, 3.63) is 108 Å². The summed E-state index contributed by atoms with van der Waals surface area (Å²) in [4.78, 5) is 25.0. The van der Waals surface area contributed by atoms with Gasteiger partial charge in [0.15, 0.2) is 0 Å². The number of carboxylic acid groups (broad SMARTS) is 1. The van der Waals surface area contributed by atoms with Crippen molar-refractivity contribution in [2.45, 2.75) is 76.5 Å². The molecule has 1 heterocycles. The van der Waals surface area contributed by atoms with Crippen LogP contribution >= 0.6 is 0 Å². The highest BCUT2D eigenvalue weighted by molar-refractivity contribution is 5.70. The number of hydrogen-bond donors (Lipinski definition) is 2. The molecule has 0 saturated carbocycles. The number of rotatable bonds is 14. The summed E-state index contributed by atoms with van der Waals surface area (Å²) in [6, 6.07) is 29.0. The van der Waals surface area contributed by atoms with E-state index in [1.165, 1.54) is 0 Å². The number of hydrogen-bond acceptors (Lipinski definition) is 7. The lowest BCUT2D eigenvalue weighted by atomic mass is 9.90. The Hall–Kier alpha value is -3.76. The second-order valence-electron chi connectivity index (χ2n) is 11.6. The molecule has 9 nitrogen and oxygen atoms in total. The Labute approximate surface area is 253 Å².